The van der Waals surface area contributed by atoms with Gasteiger partial charge in [0, 0.05) is 47.0 Å². The number of carbonyl (C=O) groups excluding carboxylic acids is 4. The molecule has 0 saturated carbocycles. The zero-order valence-corrected chi connectivity index (χ0v) is 22.6. The molecule has 3 aromatic carbocycles. The average Bonchev–Trinajstić information content (AvgIpc) is 3.74. The molecule has 2 aromatic heterocycles. The van der Waals surface area contributed by atoms with E-state index in [0.717, 1.165) is 44.1 Å². The number of benzene rings is 3. The van der Waals surface area contributed by atoms with Gasteiger partial charge in [-0.3, -0.25) is 19.4 Å². The van der Waals surface area contributed by atoms with E-state index in [1.165, 1.54) is 9.80 Å². The molecule has 6 amide bonds. The van der Waals surface area contributed by atoms with E-state index in [9.17, 15) is 19.2 Å². The van der Waals surface area contributed by atoms with E-state index >= 15 is 0 Å². The number of nitrogens with zero attached hydrogens (tertiary/aromatic N) is 2. The Morgan fingerprint density at radius 1 is 0.548 bits per heavy atom. The number of aromatic amines is 2. The Morgan fingerprint density at radius 3 is 1.38 bits per heavy atom. The van der Waals surface area contributed by atoms with Crippen LogP contribution < -0.4 is 10.6 Å². The first-order chi connectivity index (χ1) is 20.4. The first-order valence-electron chi connectivity index (χ1n) is 13.9. The lowest BCUT2D eigenvalue weighted by molar-refractivity contribution is -0.128. The standard InChI is InChI=1S/C32H28N6O4/c39-29-27(13-21-15-33-25-7-3-1-5-23(21)25)35-31(41)37(29)17-19-9-11-20(12-10-19)18-38-30(40)28(36-32(38)42)14-22-16-34-26-8-4-2-6-24(22)26/h1-12,15-16,27-28,33-34H,13-14,17-18H2,(H,35,41)(H,36,42)/t27-,28-/m1/s1. The summed E-state index contributed by atoms with van der Waals surface area (Å²) in [5, 5.41) is 7.68. The van der Waals surface area contributed by atoms with Crippen LogP contribution >= 0.6 is 0 Å². The van der Waals surface area contributed by atoms with Crippen molar-refractivity contribution in [3.05, 3.63) is 107 Å². The Labute approximate surface area is 240 Å². The number of aromatic nitrogens is 2. The minimum absolute atomic E-state index is 0.130. The topological polar surface area (TPSA) is 130 Å². The molecule has 7 rings (SSSR count). The van der Waals surface area contributed by atoms with Gasteiger partial charge in [-0.2, -0.15) is 0 Å². The minimum atomic E-state index is -0.632. The van der Waals surface area contributed by atoms with E-state index in [2.05, 4.69) is 20.6 Å². The van der Waals surface area contributed by atoms with E-state index < -0.39 is 24.1 Å². The normalized spacial score (nSPS) is 18.9. The maximum Gasteiger partial charge on any atom is 0.325 e. The summed E-state index contributed by atoms with van der Waals surface area (Å²) in [4.78, 5) is 60.4. The fraction of sp³-hybridized carbons (Fsp3) is 0.188. The Morgan fingerprint density at radius 2 is 0.952 bits per heavy atom. The molecule has 0 aliphatic carbocycles. The summed E-state index contributed by atoms with van der Waals surface area (Å²) < 4.78 is 0. The van der Waals surface area contributed by atoms with Crippen LogP contribution in [0.15, 0.2) is 85.2 Å². The Kier molecular flexibility index (Phi) is 6.23. The molecule has 210 valence electrons. The van der Waals surface area contributed by atoms with Crippen LogP contribution in [-0.4, -0.2) is 55.7 Å². The number of rotatable bonds is 8. The summed E-state index contributed by atoms with van der Waals surface area (Å²) in [6.07, 6.45) is 4.55. The van der Waals surface area contributed by atoms with Gasteiger partial charge in [-0.15, -0.1) is 0 Å². The molecule has 42 heavy (non-hydrogen) atoms. The predicted octanol–water partition coefficient (Wildman–Crippen LogP) is 3.98. The van der Waals surface area contributed by atoms with Crippen LogP contribution in [0.5, 0.6) is 0 Å². The van der Waals surface area contributed by atoms with E-state index in [1.54, 1.807) is 0 Å². The number of amides is 6. The van der Waals surface area contributed by atoms with Crippen molar-refractivity contribution in [2.75, 3.05) is 0 Å². The number of fused-ring (bicyclic) bond motifs is 2. The second-order valence-electron chi connectivity index (χ2n) is 10.8. The molecule has 5 aromatic rings. The SMILES string of the molecule is O=C1N[C@H](Cc2c[nH]c3ccccc23)C(=O)N1Cc1ccc(CN2C(=O)N[C@H](Cc3c[nH]c4ccccc34)C2=O)cc1. The first-order valence-corrected chi connectivity index (χ1v) is 13.9. The highest BCUT2D eigenvalue weighted by Gasteiger charge is 2.39. The Bertz CT molecular complexity index is 1720. The third-order valence-electron chi connectivity index (χ3n) is 8.12. The Hall–Kier alpha value is -5.38. The molecule has 4 heterocycles. The summed E-state index contributed by atoms with van der Waals surface area (Å²) in [7, 11) is 0. The highest BCUT2D eigenvalue weighted by molar-refractivity contribution is 6.05. The van der Waals surface area contributed by atoms with Gasteiger partial charge < -0.3 is 20.6 Å². The van der Waals surface area contributed by atoms with Gasteiger partial charge in [-0.05, 0) is 34.4 Å². The maximum atomic E-state index is 13.1. The quantitative estimate of drug-likeness (QED) is 0.214. The number of nitrogens with one attached hydrogen (secondary N) is 4. The van der Waals surface area contributed by atoms with Gasteiger partial charge in [0.05, 0.1) is 13.1 Å². The number of hydrogen-bond acceptors (Lipinski definition) is 4. The third kappa shape index (κ3) is 4.56. The first kappa shape index (κ1) is 25.6. The lowest BCUT2D eigenvalue weighted by atomic mass is 10.0. The van der Waals surface area contributed by atoms with Crippen LogP contribution in [0.1, 0.15) is 22.3 Å². The fourth-order valence-electron chi connectivity index (χ4n) is 5.89. The molecule has 2 aliphatic heterocycles. The van der Waals surface area contributed by atoms with Gasteiger partial charge in [0.25, 0.3) is 11.8 Å². The maximum absolute atomic E-state index is 13.1. The Balaban J connectivity index is 0.977. The second kappa shape index (κ2) is 10.2. The predicted molar refractivity (Wildman–Crippen MR) is 156 cm³/mol. The average molecular weight is 561 g/mol. The smallest absolute Gasteiger partial charge is 0.325 e. The van der Waals surface area contributed by atoms with Crippen molar-refractivity contribution in [1.29, 1.82) is 0 Å². The molecule has 2 aliphatic rings. The highest BCUT2D eigenvalue weighted by Crippen LogP contribution is 2.24. The van der Waals surface area contributed by atoms with Gasteiger partial charge in [-0.1, -0.05) is 60.7 Å². The van der Waals surface area contributed by atoms with Crippen molar-refractivity contribution in [2.24, 2.45) is 0 Å². The number of urea groups is 2. The van der Waals surface area contributed by atoms with Crippen LogP contribution in [0.3, 0.4) is 0 Å². The van der Waals surface area contributed by atoms with Gasteiger partial charge in [0.1, 0.15) is 12.1 Å². The summed E-state index contributed by atoms with van der Waals surface area (Å²) in [6.45, 7) is 0.260. The number of H-pyrrole nitrogens is 2. The van der Waals surface area contributed by atoms with E-state index in [-0.39, 0.29) is 24.9 Å². The number of para-hydroxylation sites is 2. The van der Waals surface area contributed by atoms with Gasteiger partial charge in [0.2, 0.25) is 0 Å². The molecular weight excluding hydrogens is 532 g/mol. The van der Waals surface area contributed by atoms with Crippen molar-refractivity contribution in [3.63, 3.8) is 0 Å². The van der Waals surface area contributed by atoms with Crippen LogP contribution in [0.2, 0.25) is 0 Å². The molecular formula is C32H28N6O4. The number of hydrogen-bond donors (Lipinski definition) is 4. The molecule has 0 unspecified atom stereocenters. The summed E-state index contributed by atoms with van der Waals surface area (Å²) in [5.41, 5.74) is 5.45. The monoisotopic (exact) mass is 560 g/mol. The molecule has 2 atom stereocenters. The van der Waals surface area contributed by atoms with E-state index in [1.807, 2.05) is 85.2 Å². The highest BCUT2D eigenvalue weighted by atomic mass is 16.2. The largest absolute Gasteiger partial charge is 0.361 e. The molecule has 10 nitrogen and oxygen atoms in total. The summed E-state index contributed by atoms with van der Waals surface area (Å²) >= 11 is 0. The molecule has 0 bridgehead atoms. The van der Waals surface area contributed by atoms with Crippen molar-refractivity contribution in [3.8, 4) is 0 Å². The van der Waals surface area contributed by atoms with Crippen molar-refractivity contribution < 1.29 is 19.2 Å². The second-order valence-corrected chi connectivity index (χ2v) is 10.8. The minimum Gasteiger partial charge on any atom is -0.361 e. The third-order valence-corrected chi connectivity index (χ3v) is 8.12. The molecule has 0 radical (unpaired) electrons. The van der Waals surface area contributed by atoms with E-state index in [0.29, 0.717) is 12.8 Å². The lowest BCUT2D eigenvalue weighted by Crippen LogP contribution is -2.32. The van der Waals surface area contributed by atoms with Crippen LogP contribution in [0.4, 0.5) is 9.59 Å². The summed E-state index contributed by atoms with van der Waals surface area (Å²) in [5.74, 6) is -0.537. The van der Waals surface area contributed by atoms with Gasteiger partial charge >= 0.3 is 12.1 Å². The lowest BCUT2D eigenvalue weighted by Gasteiger charge is -2.15. The molecule has 10 heteroatoms. The van der Waals surface area contributed by atoms with Crippen LogP contribution in [0, 0.1) is 0 Å². The van der Waals surface area contributed by atoms with Crippen molar-refractivity contribution >= 4 is 45.7 Å². The fourth-order valence-corrected chi connectivity index (χ4v) is 5.89. The van der Waals surface area contributed by atoms with E-state index in [4.69, 9.17) is 0 Å². The van der Waals surface area contributed by atoms with Crippen molar-refractivity contribution in [2.45, 2.75) is 38.0 Å². The zero-order chi connectivity index (χ0) is 28.8. The number of carbonyl (C=O) groups is 4. The van der Waals surface area contributed by atoms with Crippen LogP contribution in [-0.2, 0) is 35.5 Å². The number of imide groups is 2. The zero-order valence-electron chi connectivity index (χ0n) is 22.6. The van der Waals surface area contributed by atoms with Crippen LogP contribution in [0.25, 0.3) is 21.8 Å². The van der Waals surface area contributed by atoms with Gasteiger partial charge in [-0.25, -0.2) is 9.59 Å². The van der Waals surface area contributed by atoms with Gasteiger partial charge in [0.15, 0.2) is 0 Å². The summed E-state index contributed by atoms with van der Waals surface area (Å²) in [6, 6.07) is 20.8. The molecule has 0 spiro atoms. The van der Waals surface area contributed by atoms with Crippen molar-refractivity contribution in [1.82, 2.24) is 30.4 Å². The molecule has 4 N–H and O–H groups in total. The molecule has 2 fully saturated rings. The molecule has 2 saturated heterocycles.